The standard InChI is InChI=1S/C17H15ClN2O2/c1-3-8-22-16-10-12(18)11(9-15(16)21-2)17-19-13-6-4-5-7-14(13)20-17/h3-7,9-10H,1,8H2,2H3,(H,19,20). The zero-order chi connectivity index (χ0) is 15.5. The fraction of sp³-hybridized carbons (Fsp3) is 0.118. The van der Waals surface area contributed by atoms with Gasteiger partial charge in [-0.25, -0.2) is 4.98 Å². The topological polar surface area (TPSA) is 47.1 Å². The molecule has 3 aromatic rings. The van der Waals surface area contributed by atoms with Crippen LogP contribution in [0.2, 0.25) is 5.02 Å². The lowest BCUT2D eigenvalue weighted by molar-refractivity contribution is 0.326. The predicted molar refractivity (Wildman–Crippen MR) is 88.8 cm³/mol. The van der Waals surface area contributed by atoms with Crippen LogP contribution < -0.4 is 9.47 Å². The molecule has 0 atom stereocenters. The number of methoxy groups -OCH3 is 1. The van der Waals surface area contributed by atoms with Crippen LogP contribution in [-0.4, -0.2) is 23.7 Å². The van der Waals surface area contributed by atoms with Crippen LogP contribution in [0.3, 0.4) is 0 Å². The maximum Gasteiger partial charge on any atom is 0.163 e. The average molecular weight is 315 g/mol. The summed E-state index contributed by atoms with van der Waals surface area (Å²) in [7, 11) is 1.59. The van der Waals surface area contributed by atoms with Gasteiger partial charge in [-0.1, -0.05) is 36.4 Å². The van der Waals surface area contributed by atoms with E-state index in [4.69, 9.17) is 21.1 Å². The van der Waals surface area contributed by atoms with E-state index in [1.165, 1.54) is 0 Å². The van der Waals surface area contributed by atoms with Crippen LogP contribution in [0.15, 0.2) is 49.1 Å². The third kappa shape index (κ3) is 2.65. The molecule has 0 saturated heterocycles. The van der Waals surface area contributed by atoms with E-state index < -0.39 is 0 Å². The summed E-state index contributed by atoms with van der Waals surface area (Å²) >= 11 is 6.38. The third-order valence-electron chi connectivity index (χ3n) is 3.25. The number of halogens is 1. The molecular formula is C17H15ClN2O2. The average Bonchev–Trinajstić information content (AvgIpc) is 2.96. The van der Waals surface area contributed by atoms with Gasteiger partial charge in [-0.15, -0.1) is 0 Å². The van der Waals surface area contributed by atoms with Crippen LogP contribution >= 0.6 is 11.6 Å². The van der Waals surface area contributed by atoms with Crippen molar-refractivity contribution in [1.82, 2.24) is 9.97 Å². The van der Waals surface area contributed by atoms with Gasteiger partial charge in [0.25, 0.3) is 0 Å². The number of para-hydroxylation sites is 2. The number of nitrogens with zero attached hydrogens (tertiary/aromatic N) is 1. The van der Waals surface area contributed by atoms with E-state index in [-0.39, 0.29) is 0 Å². The Hall–Kier alpha value is -2.46. The van der Waals surface area contributed by atoms with E-state index in [9.17, 15) is 0 Å². The van der Waals surface area contributed by atoms with Gasteiger partial charge in [0.2, 0.25) is 0 Å². The molecule has 0 unspecified atom stereocenters. The van der Waals surface area contributed by atoms with Crippen molar-refractivity contribution in [2.24, 2.45) is 0 Å². The number of hydrogen-bond acceptors (Lipinski definition) is 3. The first-order chi connectivity index (χ1) is 10.7. The molecule has 112 valence electrons. The number of benzene rings is 2. The molecular weight excluding hydrogens is 300 g/mol. The maximum absolute atomic E-state index is 6.38. The highest BCUT2D eigenvalue weighted by atomic mass is 35.5. The number of aromatic amines is 1. The zero-order valence-electron chi connectivity index (χ0n) is 12.1. The number of hydrogen-bond donors (Lipinski definition) is 1. The Balaban J connectivity index is 2.08. The van der Waals surface area contributed by atoms with E-state index in [1.807, 2.05) is 30.3 Å². The summed E-state index contributed by atoms with van der Waals surface area (Å²) in [6.07, 6.45) is 1.67. The van der Waals surface area contributed by atoms with Gasteiger partial charge in [-0.05, 0) is 18.2 Å². The van der Waals surface area contributed by atoms with Crippen LogP contribution in [0.25, 0.3) is 22.4 Å². The molecule has 2 aromatic carbocycles. The molecule has 1 N–H and O–H groups in total. The summed E-state index contributed by atoms with van der Waals surface area (Å²) in [5, 5.41) is 0.541. The fourth-order valence-corrected chi connectivity index (χ4v) is 2.46. The highest BCUT2D eigenvalue weighted by Crippen LogP contribution is 2.38. The summed E-state index contributed by atoms with van der Waals surface area (Å²) < 4.78 is 10.9. The lowest BCUT2D eigenvalue weighted by Gasteiger charge is -2.12. The second-order valence-corrected chi connectivity index (χ2v) is 5.09. The summed E-state index contributed by atoms with van der Waals surface area (Å²) in [4.78, 5) is 7.82. The Morgan fingerprint density at radius 2 is 2.09 bits per heavy atom. The number of rotatable bonds is 5. The molecule has 0 aliphatic rings. The van der Waals surface area contributed by atoms with Crippen molar-refractivity contribution in [3.05, 3.63) is 54.1 Å². The van der Waals surface area contributed by atoms with Crippen molar-refractivity contribution < 1.29 is 9.47 Å². The molecule has 1 heterocycles. The maximum atomic E-state index is 6.38. The second-order valence-electron chi connectivity index (χ2n) is 4.69. The number of imidazole rings is 1. The van der Waals surface area contributed by atoms with E-state index in [2.05, 4.69) is 16.5 Å². The van der Waals surface area contributed by atoms with Crippen LogP contribution in [0, 0.1) is 0 Å². The second kappa shape index (κ2) is 6.12. The van der Waals surface area contributed by atoms with Crippen molar-refractivity contribution in [3.8, 4) is 22.9 Å². The highest BCUT2D eigenvalue weighted by Gasteiger charge is 2.14. The molecule has 0 aliphatic heterocycles. The van der Waals surface area contributed by atoms with Crippen LogP contribution in [0.1, 0.15) is 0 Å². The largest absolute Gasteiger partial charge is 0.493 e. The van der Waals surface area contributed by atoms with Crippen LogP contribution in [0.5, 0.6) is 11.5 Å². The van der Waals surface area contributed by atoms with E-state index in [0.717, 1.165) is 16.6 Å². The van der Waals surface area contributed by atoms with Crippen molar-refractivity contribution in [2.45, 2.75) is 0 Å². The molecule has 0 bridgehead atoms. The minimum Gasteiger partial charge on any atom is -0.493 e. The number of nitrogens with one attached hydrogen (secondary N) is 1. The van der Waals surface area contributed by atoms with Gasteiger partial charge in [-0.2, -0.15) is 0 Å². The minimum absolute atomic E-state index is 0.386. The first-order valence-electron chi connectivity index (χ1n) is 6.79. The molecule has 0 spiro atoms. The summed E-state index contributed by atoms with van der Waals surface area (Å²) in [6.45, 7) is 4.01. The molecule has 0 amide bonds. The third-order valence-corrected chi connectivity index (χ3v) is 3.57. The molecule has 3 rings (SSSR count). The zero-order valence-corrected chi connectivity index (χ0v) is 12.9. The minimum atomic E-state index is 0.386. The molecule has 1 aromatic heterocycles. The first-order valence-corrected chi connectivity index (χ1v) is 7.17. The van der Waals surface area contributed by atoms with Crippen LogP contribution in [0.4, 0.5) is 0 Å². The molecule has 0 radical (unpaired) electrons. The van der Waals surface area contributed by atoms with Crippen LogP contribution in [-0.2, 0) is 0 Å². The van der Waals surface area contributed by atoms with Crippen molar-refractivity contribution in [1.29, 1.82) is 0 Å². The van der Waals surface area contributed by atoms with Gasteiger partial charge < -0.3 is 14.5 Å². The van der Waals surface area contributed by atoms with Gasteiger partial charge in [0.1, 0.15) is 12.4 Å². The lowest BCUT2D eigenvalue weighted by Crippen LogP contribution is -1.97. The Bertz CT molecular complexity index is 794. The molecule has 5 heteroatoms. The smallest absolute Gasteiger partial charge is 0.163 e. The van der Waals surface area contributed by atoms with Gasteiger partial charge in [0.05, 0.1) is 23.2 Å². The van der Waals surface area contributed by atoms with Crippen molar-refractivity contribution in [2.75, 3.05) is 13.7 Å². The van der Waals surface area contributed by atoms with Gasteiger partial charge >= 0.3 is 0 Å². The Kier molecular flexibility index (Phi) is 4.02. The van der Waals surface area contributed by atoms with Crippen molar-refractivity contribution in [3.63, 3.8) is 0 Å². The Morgan fingerprint density at radius 1 is 1.27 bits per heavy atom. The first kappa shape index (κ1) is 14.5. The quantitative estimate of drug-likeness (QED) is 0.707. The SMILES string of the molecule is C=CCOc1cc(Cl)c(-c2nc3ccccc3[nH]2)cc1OC. The summed E-state index contributed by atoms with van der Waals surface area (Å²) in [5.74, 6) is 1.87. The molecule has 0 aliphatic carbocycles. The molecule has 4 nitrogen and oxygen atoms in total. The van der Waals surface area contributed by atoms with E-state index in [1.54, 1.807) is 19.3 Å². The van der Waals surface area contributed by atoms with E-state index in [0.29, 0.717) is 29.0 Å². The number of H-pyrrole nitrogens is 1. The Labute approximate surface area is 133 Å². The summed E-state index contributed by atoms with van der Waals surface area (Å²) in [6, 6.07) is 11.4. The number of fused-ring (bicyclic) bond motifs is 1. The molecule has 0 fully saturated rings. The monoisotopic (exact) mass is 314 g/mol. The molecule has 0 saturated carbocycles. The van der Waals surface area contributed by atoms with Gasteiger partial charge in [0, 0.05) is 11.6 Å². The van der Waals surface area contributed by atoms with E-state index >= 15 is 0 Å². The predicted octanol–water partition coefficient (Wildman–Crippen LogP) is 4.46. The fourth-order valence-electron chi connectivity index (χ4n) is 2.22. The highest BCUT2D eigenvalue weighted by molar-refractivity contribution is 6.33. The van der Waals surface area contributed by atoms with Gasteiger partial charge in [-0.3, -0.25) is 0 Å². The van der Waals surface area contributed by atoms with Crippen molar-refractivity contribution >= 4 is 22.6 Å². The normalized spacial score (nSPS) is 10.6. The number of aromatic nitrogens is 2. The summed E-state index contributed by atoms with van der Waals surface area (Å²) in [5.41, 5.74) is 2.61. The van der Waals surface area contributed by atoms with Gasteiger partial charge in [0.15, 0.2) is 11.5 Å². The molecule has 22 heavy (non-hydrogen) atoms. The lowest BCUT2D eigenvalue weighted by atomic mass is 10.2. The Morgan fingerprint density at radius 3 is 2.82 bits per heavy atom. The number of ether oxygens (including phenoxy) is 2.